The van der Waals surface area contributed by atoms with Crippen molar-refractivity contribution >= 4 is 32.7 Å². The van der Waals surface area contributed by atoms with Gasteiger partial charge in [0.2, 0.25) is 0 Å². The van der Waals surface area contributed by atoms with Crippen LogP contribution in [0.15, 0.2) is 66.7 Å². The van der Waals surface area contributed by atoms with Crippen molar-refractivity contribution in [3.05, 3.63) is 78.0 Å². The first-order valence-electron chi connectivity index (χ1n) is 8.81. The number of fused-ring (bicyclic) bond motifs is 8. The van der Waals surface area contributed by atoms with Crippen LogP contribution in [0.4, 0.5) is 0 Å². The van der Waals surface area contributed by atoms with Crippen molar-refractivity contribution in [1.29, 1.82) is 0 Å². The number of hydrogen-bond donors (Lipinski definition) is 1. The Morgan fingerprint density at radius 3 is 2.52 bits per heavy atom. The molecule has 120 valence electrons. The molecule has 0 saturated heterocycles. The topological polar surface area (TPSA) is 20.7 Å². The van der Waals surface area contributed by atoms with Gasteiger partial charge in [-0.2, -0.15) is 0 Å². The van der Waals surface area contributed by atoms with Crippen molar-refractivity contribution in [3.63, 3.8) is 0 Å². The van der Waals surface area contributed by atoms with Gasteiger partial charge in [-0.25, -0.2) is 0 Å². The van der Waals surface area contributed by atoms with Gasteiger partial charge in [0.1, 0.15) is 0 Å². The highest BCUT2D eigenvalue weighted by atomic mass is 15.0. The third-order valence-electron chi connectivity index (χ3n) is 5.89. The normalized spacial score (nSPS) is 15.1. The van der Waals surface area contributed by atoms with Gasteiger partial charge in [0, 0.05) is 38.3 Å². The minimum absolute atomic E-state index is 0.000161. The summed E-state index contributed by atoms with van der Waals surface area (Å²) in [5.41, 5.74) is 7.81. The summed E-state index contributed by atoms with van der Waals surface area (Å²) in [6.45, 7) is 4.66. The SMILES string of the molecule is CC1(C)c2cc3[nH]c4ccccc4c3cc2-n2c1cc1ccccc12. The van der Waals surface area contributed by atoms with Crippen molar-refractivity contribution in [2.45, 2.75) is 19.3 Å². The van der Waals surface area contributed by atoms with Crippen LogP contribution >= 0.6 is 0 Å². The Balaban J connectivity index is 1.81. The summed E-state index contributed by atoms with van der Waals surface area (Å²) in [7, 11) is 0. The van der Waals surface area contributed by atoms with E-state index in [0.29, 0.717) is 0 Å². The molecule has 0 saturated carbocycles. The first-order chi connectivity index (χ1) is 12.1. The molecule has 0 bridgehead atoms. The number of H-pyrrole nitrogens is 1. The molecule has 0 unspecified atom stereocenters. The lowest BCUT2D eigenvalue weighted by Gasteiger charge is -2.18. The van der Waals surface area contributed by atoms with Gasteiger partial charge in [0.15, 0.2) is 0 Å². The van der Waals surface area contributed by atoms with Crippen LogP contribution < -0.4 is 0 Å². The molecule has 5 aromatic rings. The first-order valence-corrected chi connectivity index (χ1v) is 8.81. The van der Waals surface area contributed by atoms with Crippen LogP contribution in [0.2, 0.25) is 0 Å². The molecule has 2 nitrogen and oxygen atoms in total. The molecule has 0 aliphatic carbocycles. The van der Waals surface area contributed by atoms with Gasteiger partial charge in [0.25, 0.3) is 0 Å². The Bertz CT molecular complexity index is 1310. The van der Waals surface area contributed by atoms with Crippen molar-refractivity contribution in [2.75, 3.05) is 0 Å². The molecule has 0 amide bonds. The van der Waals surface area contributed by atoms with Crippen molar-refractivity contribution in [1.82, 2.24) is 9.55 Å². The van der Waals surface area contributed by atoms with Crippen LogP contribution in [0.25, 0.3) is 38.4 Å². The highest BCUT2D eigenvalue weighted by Crippen LogP contribution is 2.47. The lowest BCUT2D eigenvalue weighted by atomic mass is 9.83. The molecule has 0 spiro atoms. The molecule has 0 radical (unpaired) electrons. The largest absolute Gasteiger partial charge is 0.354 e. The van der Waals surface area contributed by atoms with Gasteiger partial charge in [-0.3, -0.25) is 0 Å². The molecule has 6 rings (SSSR count). The molecule has 25 heavy (non-hydrogen) atoms. The fourth-order valence-corrected chi connectivity index (χ4v) is 4.58. The number of nitrogens with zero attached hydrogens (tertiary/aromatic N) is 1. The standard InChI is InChI=1S/C23H18N2/c1-23(2)17-13-19-16(15-8-4-5-9-18(15)24-19)12-21(17)25-20-10-6-3-7-14(20)11-22(23)25/h3-13,24H,1-2H3. The maximum atomic E-state index is 3.59. The molecule has 1 aliphatic heterocycles. The van der Waals surface area contributed by atoms with Crippen molar-refractivity contribution in [3.8, 4) is 5.69 Å². The van der Waals surface area contributed by atoms with Gasteiger partial charge in [-0.05, 0) is 35.9 Å². The zero-order valence-electron chi connectivity index (χ0n) is 14.3. The molecule has 3 heterocycles. The van der Waals surface area contributed by atoms with E-state index in [-0.39, 0.29) is 5.41 Å². The fraction of sp³-hybridized carbons (Fsp3) is 0.130. The fourth-order valence-electron chi connectivity index (χ4n) is 4.58. The average molecular weight is 322 g/mol. The van der Waals surface area contributed by atoms with E-state index in [4.69, 9.17) is 0 Å². The molecule has 2 heteroatoms. The minimum Gasteiger partial charge on any atom is -0.354 e. The average Bonchev–Trinajstić information content (AvgIpc) is 3.24. The summed E-state index contributed by atoms with van der Waals surface area (Å²) in [6, 6.07) is 24.3. The second kappa shape index (κ2) is 4.15. The van der Waals surface area contributed by atoms with E-state index in [1.807, 2.05) is 0 Å². The Morgan fingerprint density at radius 1 is 0.800 bits per heavy atom. The van der Waals surface area contributed by atoms with Crippen molar-refractivity contribution in [2.24, 2.45) is 0 Å². The third kappa shape index (κ3) is 1.50. The van der Waals surface area contributed by atoms with Gasteiger partial charge in [-0.1, -0.05) is 50.2 Å². The van der Waals surface area contributed by atoms with E-state index >= 15 is 0 Å². The summed E-state index contributed by atoms with van der Waals surface area (Å²) in [4.78, 5) is 3.59. The first kappa shape index (κ1) is 13.3. The highest BCUT2D eigenvalue weighted by Gasteiger charge is 2.37. The smallest absolute Gasteiger partial charge is 0.0531 e. The van der Waals surface area contributed by atoms with Crippen LogP contribution in [-0.4, -0.2) is 9.55 Å². The van der Waals surface area contributed by atoms with E-state index in [2.05, 4.69) is 90.1 Å². The Hall–Kier alpha value is -3.00. The quantitative estimate of drug-likeness (QED) is 0.366. The third-order valence-corrected chi connectivity index (χ3v) is 5.89. The molecule has 2 aromatic heterocycles. The summed E-state index contributed by atoms with van der Waals surface area (Å²) < 4.78 is 2.45. The summed E-state index contributed by atoms with van der Waals surface area (Å²) in [6.07, 6.45) is 0. The van der Waals surface area contributed by atoms with Crippen LogP contribution in [0, 0.1) is 0 Å². The zero-order chi connectivity index (χ0) is 16.8. The van der Waals surface area contributed by atoms with E-state index in [0.717, 1.165) is 0 Å². The summed E-state index contributed by atoms with van der Waals surface area (Å²) >= 11 is 0. The van der Waals surface area contributed by atoms with Crippen LogP contribution in [-0.2, 0) is 5.41 Å². The number of rotatable bonds is 0. The Kier molecular flexibility index (Phi) is 2.21. The van der Waals surface area contributed by atoms with E-state index in [1.54, 1.807) is 0 Å². The van der Waals surface area contributed by atoms with Crippen LogP contribution in [0.1, 0.15) is 25.1 Å². The van der Waals surface area contributed by atoms with Crippen molar-refractivity contribution < 1.29 is 0 Å². The van der Waals surface area contributed by atoms with Gasteiger partial charge in [0.05, 0.1) is 11.2 Å². The lowest BCUT2D eigenvalue weighted by molar-refractivity contribution is 0.645. The maximum Gasteiger partial charge on any atom is 0.0531 e. The number of aromatic nitrogens is 2. The maximum absolute atomic E-state index is 3.59. The van der Waals surface area contributed by atoms with E-state index in [9.17, 15) is 0 Å². The molecule has 3 aromatic carbocycles. The lowest BCUT2D eigenvalue weighted by Crippen LogP contribution is -2.15. The Labute approximate surface area is 145 Å². The monoisotopic (exact) mass is 322 g/mol. The van der Waals surface area contributed by atoms with Gasteiger partial charge in [-0.15, -0.1) is 0 Å². The molecule has 0 atom stereocenters. The number of para-hydroxylation sites is 2. The Morgan fingerprint density at radius 2 is 1.60 bits per heavy atom. The highest BCUT2D eigenvalue weighted by molar-refractivity contribution is 6.08. The molecule has 1 N–H and O–H groups in total. The predicted molar refractivity (Wildman–Crippen MR) is 105 cm³/mol. The van der Waals surface area contributed by atoms with Crippen LogP contribution in [0.3, 0.4) is 0 Å². The van der Waals surface area contributed by atoms with Gasteiger partial charge < -0.3 is 9.55 Å². The molecular formula is C23H18N2. The van der Waals surface area contributed by atoms with Gasteiger partial charge >= 0.3 is 0 Å². The zero-order valence-corrected chi connectivity index (χ0v) is 14.3. The second-order valence-corrected chi connectivity index (χ2v) is 7.63. The molecule has 1 aliphatic rings. The number of benzene rings is 3. The number of aromatic amines is 1. The second-order valence-electron chi connectivity index (χ2n) is 7.63. The predicted octanol–water partition coefficient (Wildman–Crippen LogP) is 5.90. The van der Waals surface area contributed by atoms with E-state index < -0.39 is 0 Å². The molecule has 0 fully saturated rings. The van der Waals surface area contributed by atoms with E-state index in [1.165, 1.54) is 49.7 Å². The van der Waals surface area contributed by atoms with Crippen LogP contribution in [0.5, 0.6) is 0 Å². The summed E-state index contributed by atoms with van der Waals surface area (Å²) in [5.74, 6) is 0. The summed E-state index contributed by atoms with van der Waals surface area (Å²) in [5, 5.41) is 3.91. The minimum atomic E-state index is -0.000161. The molecular weight excluding hydrogens is 304 g/mol. The number of nitrogens with one attached hydrogen (secondary N) is 1. The number of hydrogen-bond acceptors (Lipinski definition) is 0.